The van der Waals surface area contributed by atoms with Crippen LogP contribution in [0.3, 0.4) is 0 Å². The molecule has 0 bridgehead atoms. The summed E-state index contributed by atoms with van der Waals surface area (Å²) in [6.45, 7) is 5.36. The molecule has 8 heteroatoms. The minimum Gasteiger partial charge on any atom is -0.493 e. The second kappa shape index (κ2) is 12.5. The minimum absolute atomic E-state index is 0.0784. The lowest BCUT2D eigenvalue weighted by atomic mass is 9.79. The largest absolute Gasteiger partial charge is 0.493 e. The van der Waals surface area contributed by atoms with Gasteiger partial charge in [-0.3, -0.25) is 4.90 Å². The molecular weight excluding hydrogens is 562 g/mol. The van der Waals surface area contributed by atoms with E-state index in [9.17, 15) is 8.42 Å². The van der Waals surface area contributed by atoms with Crippen LogP contribution in [0.15, 0.2) is 84.3 Å². The fourth-order valence-electron chi connectivity index (χ4n) is 6.56. The van der Waals surface area contributed by atoms with Crippen molar-refractivity contribution in [3.8, 4) is 23.0 Å². The Morgan fingerprint density at radius 1 is 0.977 bits per heavy atom. The SMILES string of the molecule is C=CCC1c2c(ccc(OC)c2OS(=O)(=O)c2ccccc2)CC2c3cc(OC)c(OC/C=C/C4CCC4)cc3CCN21. The Bertz CT molecular complexity index is 1610. The van der Waals surface area contributed by atoms with Crippen molar-refractivity contribution >= 4 is 10.1 Å². The molecule has 3 aromatic carbocycles. The highest BCUT2D eigenvalue weighted by atomic mass is 32.2. The Labute approximate surface area is 254 Å². The summed E-state index contributed by atoms with van der Waals surface area (Å²) in [5.41, 5.74) is 4.32. The number of hydrogen-bond donors (Lipinski definition) is 0. The molecule has 0 saturated heterocycles. The van der Waals surface area contributed by atoms with Gasteiger partial charge in [0.15, 0.2) is 23.0 Å². The maximum absolute atomic E-state index is 13.4. The molecule has 1 aliphatic carbocycles. The van der Waals surface area contributed by atoms with Crippen LogP contribution >= 0.6 is 0 Å². The summed E-state index contributed by atoms with van der Waals surface area (Å²) in [7, 11) is -0.871. The highest BCUT2D eigenvalue weighted by Gasteiger charge is 2.41. The quantitative estimate of drug-likeness (QED) is 0.173. The molecule has 0 spiro atoms. The number of nitrogens with zero attached hydrogens (tertiary/aromatic N) is 1. The number of methoxy groups -OCH3 is 2. The molecule has 0 aromatic heterocycles. The summed E-state index contributed by atoms with van der Waals surface area (Å²) in [6, 6.07) is 16.2. The van der Waals surface area contributed by atoms with E-state index in [0.717, 1.165) is 35.6 Å². The first-order chi connectivity index (χ1) is 20.9. The monoisotopic (exact) mass is 601 g/mol. The van der Waals surface area contributed by atoms with Crippen LogP contribution in [-0.2, 0) is 23.0 Å². The summed E-state index contributed by atoms with van der Waals surface area (Å²) >= 11 is 0. The zero-order valence-electron chi connectivity index (χ0n) is 24.8. The molecule has 0 amide bonds. The van der Waals surface area contributed by atoms with Gasteiger partial charge in [0.1, 0.15) is 11.5 Å². The summed E-state index contributed by atoms with van der Waals surface area (Å²) in [6.07, 6.45) is 12.3. The first-order valence-corrected chi connectivity index (χ1v) is 16.4. The first kappa shape index (κ1) is 29.3. The molecule has 3 aromatic rings. The van der Waals surface area contributed by atoms with Gasteiger partial charge in [-0.2, -0.15) is 8.42 Å². The zero-order chi connectivity index (χ0) is 30.0. The third-order valence-electron chi connectivity index (χ3n) is 8.95. The summed E-state index contributed by atoms with van der Waals surface area (Å²) in [5.74, 6) is 2.81. The van der Waals surface area contributed by atoms with Crippen LogP contribution in [0.25, 0.3) is 0 Å². The van der Waals surface area contributed by atoms with Gasteiger partial charge in [-0.05, 0) is 85.0 Å². The van der Waals surface area contributed by atoms with Crippen molar-refractivity contribution < 1.29 is 26.8 Å². The smallest absolute Gasteiger partial charge is 0.339 e. The lowest BCUT2D eigenvalue weighted by molar-refractivity contribution is 0.106. The van der Waals surface area contributed by atoms with Crippen LogP contribution in [0.2, 0.25) is 0 Å². The van der Waals surface area contributed by atoms with Gasteiger partial charge in [-0.15, -0.1) is 6.58 Å². The van der Waals surface area contributed by atoms with Crippen molar-refractivity contribution in [3.63, 3.8) is 0 Å². The van der Waals surface area contributed by atoms with Crippen LogP contribution in [-0.4, -0.2) is 40.7 Å². The van der Waals surface area contributed by atoms with E-state index < -0.39 is 10.1 Å². The Kier molecular flexibility index (Phi) is 8.50. The van der Waals surface area contributed by atoms with E-state index >= 15 is 0 Å². The van der Waals surface area contributed by atoms with E-state index in [1.807, 2.05) is 12.1 Å². The minimum atomic E-state index is -4.08. The molecule has 226 valence electrons. The Hall–Kier alpha value is -3.75. The van der Waals surface area contributed by atoms with E-state index in [1.54, 1.807) is 31.4 Å². The van der Waals surface area contributed by atoms with Crippen LogP contribution in [0.5, 0.6) is 23.0 Å². The molecule has 1 fully saturated rings. The van der Waals surface area contributed by atoms with Gasteiger partial charge in [-0.1, -0.05) is 48.9 Å². The van der Waals surface area contributed by atoms with Gasteiger partial charge in [-0.25, -0.2) is 0 Å². The second-order valence-corrected chi connectivity index (χ2v) is 12.9. The van der Waals surface area contributed by atoms with Crippen LogP contribution < -0.4 is 18.4 Å². The van der Waals surface area contributed by atoms with Crippen molar-refractivity contribution in [1.82, 2.24) is 4.90 Å². The molecule has 0 N–H and O–H groups in total. The Morgan fingerprint density at radius 3 is 2.47 bits per heavy atom. The van der Waals surface area contributed by atoms with E-state index in [2.05, 4.69) is 35.8 Å². The van der Waals surface area contributed by atoms with Crippen LogP contribution in [0, 0.1) is 5.92 Å². The summed E-state index contributed by atoms with van der Waals surface area (Å²) in [5, 5.41) is 0. The van der Waals surface area contributed by atoms with Crippen molar-refractivity contribution in [2.24, 2.45) is 5.92 Å². The van der Waals surface area contributed by atoms with E-state index in [-0.39, 0.29) is 22.7 Å². The normalized spacial score (nSPS) is 20.0. The molecule has 2 unspecified atom stereocenters. The maximum Gasteiger partial charge on any atom is 0.339 e. The summed E-state index contributed by atoms with van der Waals surface area (Å²) < 4.78 is 50.3. The van der Waals surface area contributed by atoms with Gasteiger partial charge < -0.3 is 18.4 Å². The van der Waals surface area contributed by atoms with Crippen molar-refractivity contribution in [3.05, 3.63) is 102 Å². The predicted molar refractivity (Wildman–Crippen MR) is 167 cm³/mol. The molecule has 43 heavy (non-hydrogen) atoms. The van der Waals surface area contributed by atoms with Gasteiger partial charge in [0.25, 0.3) is 0 Å². The Morgan fingerprint density at radius 2 is 1.77 bits per heavy atom. The average molecular weight is 602 g/mol. The van der Waals surface area contributed by atoms with Crippen molar-refractivity contribution in [2.75, 3.05) is 27.4 Å². The number of rotatable bonds is 11. The van der Waals surface area contributed by atoms with Gasteiger partial charge >= 0.3 is 10.1 Å². The van der Waals surface area contributed by atoms with E-state index in [0.29, 0.717) is 31.1 Å². The molecule has 0 radical (unpaired) electrons. The lowest BCUT2D eigenvalue weighted by Crippen LogP contribution is -2.43. The van der Waals surface area contributed by atoms with Gasteiger partial charge in [0, 0.05) is 24.2 Å². The molecule has 2 heterocycles. The van der Waals surface area contributed by atoms with E-state index in [4.69, 9.17) is 18.4 Å². The number of ether oxygens (including phenoxy) is 3. The van der Waals surface area contributed by atoms with Crippen molar-refractivity contribution in [1.29, 1.82) is 0 Å². The molecular formula is C35H39NO6S. The number of hydrogen-bond acceptors (Lipinski definition) is 7. The summed E-state index contributed by atoms with van der Waals surface area (Å²) in [4.78, 5) is 2.54. The van der Waals surface area contributed by atoms with Crippen molar-refractivity contribution in [2.45, 2.75) is 55.5 Å². The number of allylic oxidation sites excluding steroid dienone is 1. The second-order valence-electron chi connectivity index (χ2n) is 11.4. The molecule has 3 aliphatic rings. The maximum atomic E-state index is 13.4. The zero-order valence-corrected chi connectivity index (χ0v) is 25.6. The third kappa shape index (κ3) is 5.78. The number of benzene rings is 3. The predicted octanol–water partition coefficient (Wildman–Crippen LogP) is 6.98. The first-order valence-electron chi connectivity index (χ1n) is 15.0. The fourth-order valence-corrected chi connectivity index (χ4v) is 7.54. The molecule has 1 saturated carbocycles. The lowest BCUT2D eigenvalue weighted by Gasteiger charge is -2.47. The van der Waals surface area contributed by atoms with Gasteiger partial charge in [0.05, 0.1) is 14.2 Å². The Balaban J connectivity index is 1.35. The topological polar surface area (TPSA) is 74.3 Å². The molecule has 7 nitrogen and oxygen atoms in total. The van der Waals surface area contributed by atoms with Crippen LogP contribution in [0.4, 0.5) is 0 Å². The van der Waals surface area contributed by atoms with Gasteiger partial charge in [0.2, 0.25) is 0 Å². The van der Waals surface area contributed by atoms with E-state index in [1.165, 1.54) is 49.6 Å². The standard InChI is InChI=1S/C35H39NO6S/c1-4-10-29-34-26(16-17-31(39-2)35(34)42-43(37,38)27-14-6-5-7-15-27)21-30-28-23-32(40-3)33(22-25(28)18-19-36(29)30)41-20-9-13-24-11-8-12-24/h4-7,9,13-17,22-24,29-30H,1,8,10-12,18-21H2,2-3H3/b13-9+. The molecule has 2 atom stereocenters. The van der Waals surface area contributed by atoms with Crippen LogP contribution in [0.1, 0.15) is 60.0 Å². The number of fused-ring (bicyclic) bond motifs is 4. The molecule has 2 aliphatic heterocycles. The third-order valence-corrected chi connectivity index (χ3v) is 10.2. The highest BCUT2D eigenvalue weighted by molar-refractivity contribution is 7.87. The fraction of sp³-hybridized carbons (Fsp3) is 0.371. The average Bonchev–Trinajstić information content (AvgIpc) is 3.00. The molecule has 6 rings (SSSR count). The highest BCUT2D eigenvalue weighted by Crippen LogP contribution is 2.52.